The molecule has 1 heterocycles. The zero-order valence-corrected chi connectivity index (χ0v) is 17.2. The number of epoxide rings is 1. The fourth-order valence-electron chi connectivity index (χ4n) is 1.52. The van der Waals surface area contributed by atoms with Crippen molar-refractivity contribution in [1.82, 2.24) is 0 Å². The van der Waals surface area contributed by atoms with Gasteiger partial charge < -0.3 is 24.1 Å². The van der Waals surface area contributed by atoms with Crippen LogP contribution in [0.2, 0.25) is 0 Å². The minimum Gasteiger partial charge on any atom is -0.423 e. The number of nitrogens with two attached hydrogens (primary N) is 1. The quantitative estimate of drug-likeness (QED) is 0.440. The maximum absolute atomic E-state index is 5.64. The zero-order valence-electron chi connectivity index (χ0n) is 13.8. The number of ether oxygens (including phenoxy) is 2. The Hall–Kier alpha value is 0.234. The molecule has 0 aromatic carbocycles. The molecule has 4 unspecified atom stereocenters. The van der Waals surface area contributed by atoms with Gasteiger partial charge >= 0.3 is 0 Å². The van der Waals surface area contributed by atoms with E-state index in [2.05, 4.69) is 20.8 Å². The summed E-state index contributed by atoms with van der Waals surface area (Å²) >= 11 is 0. The largest absolute Gasteiger partial charge is 0.423 e. The third kappa shape index (κ3) is 11.0. The number of hydrogen-bond acceptors (Lipinski definition) is 5. The van der Waals surface area contributed by atoms with E-state index in [1.165, 1.54) is 0 Å². The summed E-state index contributed by atoms with van der Waals surface area (Å²) in [6.07, 6.45) is 2.91. The molecular weight excluding hydrogens is 290 g/mol. The Kier molecular flexibility index (Phi) is 13.1. The highest BCUT2D eigenvalue weighted by atomic mass is 28.2. The van der Waals surface area contributed by atoms with Crippen molar-refractivity contribution in [2.75, 3.05) is 19.8 Å². The van der Waals surface area contributed by atoms with Crippen LogP contribution in [0, 0.1) is 0 Å². The number of rotatable bonds is 10. The molecule has 0 aliphatic carbocycles. The van der Waals surface area contributed by atoms with Gasteiger partial charge in [0.15, 0.2) is 9.76 Å². The molecule has 0 aromatic rings. The Morgan fingerprint density at radius 2 is 2.00 bits per heavy atom. The average molecular weight is 324 g/mol. The third-order valence-corrected chi connectivity index (χ3v) is 5.65. The van der Waals surface area contributed by atoms with Gasteiger partial charge in [0.1, 0.15) is 16.6 Å². The molecule has 1 rings (SSSR count). The van der Waals surface area contributed by atoms with Gasteiger partial charge in [0, 0.05) is 12.3 Å². The van der Waals surface area contributed by atoms with Crippen molar-refractivity contribution in [2.45, 2.75) is 64.5 Å². The monoisotopic (exact) mass is 323 g/mol. The second-order valence-electron chi connectivity index (χ2n) is 5.00. The summed E-state index contributed by atoms with van der Waals surface area (Å²) in [5.41, 5.74) is 5.97. The predicted octanol–water partition coefficient (Wildman–Crippen LogP) is -0.333. The Bertz CT molecular complexity index is 221. The molecule has 7 heteroatoms. The maximum Gasteiger partial charge on any atom is 0.177 e. The van der Waals surface area contributed by atoms with Gasteiger partial charge in [-0.15, -0.1) is 0 Å². The van der Waals surface area contributed by atoms with Gasteiger partial charge in [-0.1, -0.05) is 13.8 Å². The van der Waals surface area contributed by atoms with Crippen molar-refractivity contribution in [1.29, 1.82) is 0 Å². The molecule has 20 heavy (non-hydrogen) atoms. The molecule has 0 spiro atoms. The third-order valence-electron chi connectivity index (χ3n) is 3.26. The molecule has 0 radical (unpaired) electrons. The van der Waals surface area contributed by atoms with Crippen LogP contribution >= 0.6 is 0 Å². The molecular formula is C13H33NO4Si2. The van der Waals surface area contributed by atoms with Crippen LogP contribution in [0.15, 0.2) is 0 Å². The molecule has 2 N–H and O–H groups in total. The Balaban J connectivity index is 0.000000396. The van der Waals surface area contributed by atoms with E-state index >= 15 is 0 Å². The van der Waals surface area contributed by atoms with Gasteiger partial charge in [0.25, 0.3) is 0 Å². The number of hydrogen-bond donors (Lipinski definition) is 1. The molecule has 1 aliphatic heterocycles. The molecule has 4 atom stereocenters. The van der Waals surface area contributed by atoms with Crippen LogP contribution in [0.1, 0.15) is 40.5 Å². The van der Waals surface area contributed by atoms with Gasteiger partial charge in [-0.25, -0.2) is 0 Å². The first-order valence-electron chi connectivity index (χ1n) is 7.68. The first kappa shape index (κ1) is 20.2. The minimum atomic E-state index is -0.387. The van der Waals surface area contributed by atoms with Crippen LogP contribution in [-0.2, 0) is 18.3 Å². The molecule has 1 saturated heterocycles. The van der Waals surface area contributed by atoms with Crippen molar-refractivity contribution in [3.05, 3.63) is 0 Å². The zero-order chi connectivity index (χ0) is 15.4. The fraction of sp³-hybridized carbons (Fsp3) is 1.00. The molecule has 0 aromatic heterocycles. The van der Waals surface area contributed by atoms with Crippen LogP contribution < -0.4 is 5.73 Å². The van der Waals surface area contributed by atoms with E-state index in [1.807, 2.05) is 6.92 Å². The van der Waals surface area contributed by atoms with E-state index in [0.29, 0.717) is 11.8 Å². The summed E-state index contributed by atoms with van der Waals surface area (Å²) in [6.45, 7) is 10.7. The second-order valence-corrected chi connectivity index (χ2v) is 7.27. The highest BCUT2D eigenvalue weighted by Crippen LogP contribution is 2.13. The SMILES string of the molecule is CCC(OCC1CO1)C(C)O[SiH3].CCO[SiH2]C(N)CC. The lowest BCUT2D eigenvalue weighted by Crippen LogP contribution is -2.29. The smallest absolute Gasteiger partial charge is 0.177 e. The van der Waals surface area contributed by atoms with Crippen LogP contribution in [-0.4, -0.2) is 64.0 Å². The molecule has 1 aliphatic rings. The molecule has 122 valence electrons. The van der Waals surface area contributed by atoms with Gasteiger partial charge in [0.05, 0.1) is 25.4 Å². The highest BCUT2D eigenvalue weighted by Gasteiger charge is 2.25. The maximum atomic E-state index is 5.64. The van der Waals surface area contributed by atoms with E-state index in [-0.39, 0.29) is 22.0 Å². The molecule has 0 bridgehead atoms. The second kappa shape index (κ2) is 12.9. The first-order chi connectivity index (χ1) is 9.58. The predicted molar refractivity (Wildman–Crippen MR) is 88.7 cm³/mol. The minimum absolute atomic E-state index is 0.236. The van der Waals surface area contributed by atoms with Crippen LogP contribution in [0.5, 0.6) is 0 Å². The van der Waals surface area contributed by atoms with Gasteiger partial charge in [-0.05, 0) is 26.7 Å². The highest BCUT2D eigenvalue weighted by molar-refractivity contribution is 6.29. The van der Waals surface area contributed by atoms with E-state index in [0.717, 1.165) is 43.1 Å². The van der Waals surface area contributed by atoms with Crippen LogP contribution in [0.4, 0.5) is 0 Å². The average Bonchev–Trinajstić information content (AvgIpc) is 3.29. The Morgan fingerprint density at radius 3 is 2.40 bits per heavy atom. The van der Waals surface area contributed by atoms with Crippen LogP contribution in [0.25, 0.3) is 0 Å². The summed E-state index contributed by atoms with van der Waals surface area (Å²) in [5.74, 6) is 0. The topological polar surface area (TPSA) is 66.2 Å². The van der Waals surface area contributed by atoms with Crippen molar-refractivity contribution >= 4 is 20.2 Å². The fourth-order valence-corrected chi connectivity index (χ4v) is 2.60. The molecule has 0 saturated carbocycles. The molecule has 1 fully saturated rings. The summed E-state index contributed by atoms with van der Waals surface area (Å²) < 4.78 is 21.2. The lowest BCUT2D eigenvalue weighted by atomic mass is 10.2. The lowest BCUT2D eigenvalue weighted by molar-refractivity contribution is -0.0231. The van der Waals surface area contributed by atoms with E-state index in [9.17, 15) is 0 Å². The van der Waals surface area contributed by atoms with E-state index < -0.39 is 0 Å². The lowest BCUT2D eigenvalue weighted by Gasteiger charge is -2.21. The van der Waals surface area contributed by atoms with Gasteiger partial charge in [-0.3, -0.25) is 0 Å². The summed E-state index contributed by atoms with van der Waals surface area (Å²) in [6, 6.07) is 0. The normalized spacial score (nSPS) is 22.4. The van der Waals surface area contributed by atoms with E-state index in [4.69, 9.17) is 24.1 Å². The van der Waals surface area contributed by atoms with Gasteiger partial charge in [0.2, 0.25) is 0 Å². The van der Waals surface area contributed by atoms with E-state index in [1.54, 1.807) is 0 Å². The van der Waals surface area contributed by atoms with Crippen molar-refractivity contribution < 1.29 is 18.3 Å². The summed E-state index contributed by atoms with van der Waals surface area (Å²) in [4.78, 5) is 0. The Labute approximate surface area is 129 Å². The summed E-state index contributed by atoms with van der Waals surface area (Å²) in [7, 11) is 0.396. The van der Waals surface area contributed by atoms with Crippen LogP contribution in [0.3, 0.4) is 0 Å². The Morgan fingerprint density at radius 1 is 1.35 bits per heavy atom. The standard InChI is InChI=1S/C8H18O3Si.C5H15NOSi/c1-3-8(6(2)11-12)10-5-7-4-9-7;1-3-5(6)8-7-4-2/h6-8H,3-5H2,1-2,12H3;5H,3-4,6,8H2,1-2H3. The van der Waals surface area contributed by atoms with Crippen molar-refractivity contribution in [3.8, 4) is 0 Å². The van der Waals surface area contributed by atoms with Gasteiger partial charge in [-0.2, -0.15) is 0 Å². The molecule has 5 nitrogen and oxygen atoms in total. The molecule has 0 amide bonds. The van der Waals surface area contributed by atoms with Crippen molar-refractivity contribution in [2.24, 2.45) is 5.73 Å². The van der Waals surface area contributed by atoms with Crippen molar-refractivity contribution in [3.63, 3.8) is 0 Å². The first-order valence-corrected chi connectivity index (χ1v) is 9.89. The summed E-state index contributed by atoms with van der Waals surface area (Å²) in [5, 5.41) is 0.